The van der Waals surface area contributed by atoms with E-state index in [2.05, 4.69) is 43.8 Å². The van der Waals surface area contributed by atoms with Crippen molar-refractivity contribution in [1.82, 2.24) is 0 Å². The predicted molar refractivity (Wildman–Crippen MR) is 107 cm³/mol. The van der Waals surface area contributed by atoms with E-state index < -0.39 is 4.92 Å². The van der Waals surface area contributed by atoms with E-state index in [0.717, 1.165) is 17.7 Å². The topological polar surface area (TPSA) is 58.7 Å². The monoisotopic (exact) mass is 371 g/mol. The zero-order chi connectivity index (χ0) is 19.1. The molecular formula is C20H22ClN3O2. The molecule has 1 atom stereocenters. The molecule has 1 aliphatic heterocycles. The van der Waals surface area contributed by atoms with Crippen LogP contribution in [0.1, 0.15) is 44.2 Å². The van der Waals surface area contributed by atoms with E-state index in [0.29, 0.717) is 16.6 Å². The molecule has 1 unspecified atom stereocenters. The molecule has 0 aliphatic carbocycles. The number of fused-ring (bicyclic) bond motifs is 1. The summed E-state index contributed by atoms with van der Waals surface area (Å²) >= 11 is 6.49. The zero-order valence-corrected chi connectivity index (χ0v) is 16.1. The van der Waals surface area contributed by atoms with Gasteiger partial charge in [-0.15, -0.1) is 0 Å². The van der Waals surface area contributed by atoms with Crippen LogP contribution in [0.15, 0.2) is 41.4 Å². The predicted octanol–water partition coefficient (Wildman–Crippen LogP) is 5.72. The van der Waals surface area contributed by atoms with Crippen LogP contribution in [0.4, 0.5) is 17.1 Å². The van der Waals surface area contributed by atoms with E-state index in [9.17, 15) is 10.1 Å². The molecule has 5 nitrogen and oxygen atoms in total. The summed E-state index contributed by atoms with van der Waals surface area (Å²) in [6, 6.07) is 10.2. The Labute approximate surface area is 158 Å². The summed E-state index contributed by atoms with van der Waals surface area (Å²) in [6.07, 6.45) is 2.79. The number of aliphatic imine (C=N–C) groups is 1. The normalized spacial score (nSPS) is 18.8. The van der Waals surface area contributed by atoms with Gasteiger partial charge in [0.25, 0.3) is 5.69 Å². The summed E-state index contributed by atoms with van der Waals surface area (Å²) in [7, 11) is 2.10. The SMILES string of the molecule is CC1CC(C)(C)N(C)c2cc(Cl)c(C=Nc3ccc([N+](=O)[O-])cc3)cc21. The zero-order valence-electron chi connectivity index (χ0n) is 15.4. The molecule has 0 spiro atoms. The second-order valence-electron chi connectivity index (χ2n) is 7.44. The third-order valence-electron chi connectivity index (χ3n) is 5.17. The standard InChI is InChI=1S/C20H22ClN3O2/c1-13-11-20(2,3)23(4)19-10-18(21)14(9-17(13)19)12-22-15-5-7-16(8-6-15)24(25)26/h5-10,12-13H,11H2,1-4H3. The maximum atomic E-state index is 10.7. The highest BCUT2D eigenvalue weighted by Crippen LogP contribution is 2.44. The van der Waals surface area contributed by atoms with Crippen molar-refractivity contribution in [3.05, 3.63) is 62.7 Å². The number of non-ortho nitro benzene ring substituents is 1. The Balaban J connectivity index is 1.92. The minimum absolute atomic E-state index is 0.0511. The Morgan fingerprint density at radius 1 is 1.31 bits per heavy atom. The van der Waals surface area contributed by atoms with E-state index in [1.165, 1.54) is 17.7 Å². The summed E-state index contributed by atoms with van der Waals surface area (Å²) in [5.74, 6) is 0.431. The number of nitro benzene ring substituents is 1. The van der Waals surface area contributed by atoms with Crippen molar-refractivity contribution in [3.8, 4) is 0 Å². The smallest absolute Gasteiger partial charge is 0.269 e. The van der Waals surface area contributed by atoms with Gasteiger partial charge in [-0.2, -0.15) is 0 Å². The van der Waals surface area contributed by atoms with Gasteiger partial charge >= 0.3 is 0 Å². The Bertz CT molecular complexity index is 875. The molecule has 2 aromatic carbocycles. The highest BCUT2D eigenvalue weighted by atomic mass is 35.5. The third kappa shape index (κ3) is 3.44. The molecule has 1 heterocycles. The highest BCUT2D eigenvalue weighted by molar-refractivity contribution is 6.33. The molecule has 0 N–H and O–H groups in total. The Morgan fingerprint density at radius 2 is 1.96 bits per heavy atom. The number of nitrogens with zero attached hydrogens (tertiary/aromatic N) is 3. The first-order valence-electron chi connectivity index (χ1n) is 8.55. The number of anilines is 1. The van der Waals surface area contributed by atoms with Gasteiger partial charge in [-0.25, -0.2) is 0 Å². The quantitative estimate of drug-likeness (QED) is 0.393. The minimum Gasteiger partial charge on any atom is -0.369 e. The molecule has 0 radical (unpaired) electrons. The van der Waals surface area contributed by atoms with E-state index in [1.54, 1.807) is 18.3 Å². The molecule has 1 aliphatic rings. The molecule has 3 rings (SSSR count). The van der Waals surface area contributed by atoms with Crippen molar-refractivity contribution in [2.24, 2.45) is 4.99 Å². The first-order valence-corrected chi connectivity index (χ1v) is 8.92. The van der Waals surface area contributed by atoms with Crippen LogP contribution in [-0.4, -0.2) is 23.7 Å². The van der Waals surface area contributed by atoms with Crippen molar-refractivity contribution in [2.45, 2.75) is 38.6 Å². The van der Waals surface area contributed by atoms with Crippen molar-refractivity contribution in [3.63, 3.8) is 0 Å². The summed E-state index contributed by atoms with van der Waals surface area (Å²) in [6.45, 7) is 6.72. The Hall–Kier alpha value is -2.40. The fraction of sp³-hybridized carbons (Fsp3) is 0.350. The van der Waals surface area contributed by atoms with Gasteiger partial charge in [0.05, 0.1) is 15.6 Å². The Morgan fingerprint density at radius 3 is 2.58 bits per heavy atom. The number of halogens is 1. The van der Waals surface area contributed by atoms with E-state index in [1.807, 2.05) is 6.07 Å². The molecule has 0 saturated heterocycles. The average molecular weight is 372 g/mol. The first-order chi connectivity index (χ1) is 12.2. The maximum absolute atomic E-state index is 10.7. The lowest BCUT2D eigenvalue weighted by molar-refractivity contribution is -0.384. The summed E-state index contributed by atoms with van der Waals surface area (Å²) in [5.41, 5.74) is 4.06. The highest BCUT2D eigenvalue weighted by Gasteiger charge is 2.34. The van der Waals surface area contributed by atoms with Gasteiger partial charge in [-0.3, -0.25) is 15.1 Å². The fourth-order valence-electron chi connectivity index (χ4n) is 3.51. The van der Waals surface area contributed by atoms with Crippen molar-refractivity contribution in [1.29, 1.82) is 0 Å². The second kappa shape index (κ2) is 6.72. The maximum Gasteiger partial charge on any atom is 0.269 e. The van der Waals surface area contributed by atoms with Gasteiger partial charge in [0.1, 0.15) is 0 Å². The van der Waals surface area contributed by atoms with Crippen LogP contribution < -0.4 is 4.90 Å². The number of hydrogen-bond donors (Lipinski definition) is 0. The van der Waals surface area contributed by atoms with Crippen LogP contribution >= 0.6 is 11.6 Å². The van der Waals surface area contributed by atoms with Crippen LogP contribution in [-0.2, 0) is 0 Å². The van der Waals surface area contributed by atoms with Gasteiger partial charge < -0.3 is 4.90 Å². The molecule has 0 saturated carbocycles. The lowest BCUT2D eigenvalue weighted by Crippen LogP contribution is -2.45. The van der Waals surface area contributed by atoms with Gasteiger partial charge in [-0.1, -0.05) is 18.5 Å². The Kier molecular flexibility index (Phi) is 4.76. The molecule has 6 heteroatoms. The summed E-state index contributed by atoms with van der Waals surface area (Å²) in [5, 5.41) is 11.4. The van der Waals surface area contributed by atoms with Crippen LogP contribution in [0, 0.1) is 10.1 Å². The second-order valence-corrected chi connectivity index (χ2v) is 7.85. The van der Waals surface area contributed by atoms with Crippen LogP contribution in [0.25, 0.3) is 0 Å². The van der Waals surface area contributed by atoms with Crippen molar-refractivity contribution >= 4 is 34.9 Å². The molecule has 136 valence electrons. The van der Waals surface area contributed by atoms with Crippen LogP contribution in [0.3, 0.4) is 0 Å². The average Bonchev–Trinajstić information content (AvgIpc) is 2.58. The number of benzene rings is 2. The lowest BCUT2D eigenvalue weighted by Gasteiger charge is -2.45. The molecule has 2 aromatic rings. The first kappa shape index (κ1) is 18.4. The number of rotatable bonds is 3. The summed E-state index contributed by atoms with van der Waals surface area (Å²) in [4.78, 5) is 17.0. The number of hydrogen-bond acceptors (Lipinski definition) is 4. The molecule has 0 fully saturated rings. The van der Waals surface area contributed by atoms with Crippen molar-refractivity contribution < 1.29 is 4.92 Å². The summed E-state index contributed by atoms with van der Waals surface area (Å²) < 4.78 is 0. The third-order valence-corrected chi connectivity index (χ3v) is 5.49. The van der Waals surface area contributed by atoms with Crippen LogP contribution in [0.2, 0.25) is 5.02 Å². The number of nitro groups is 1. The molecular weight excluding hydrogens is 350 g/mol. The van der Waals surface area contributed by atoms with E-state index in [-0.39, 0.29) is 11.2 Å². The largest absolute Gasteiger partial charge is 0.369 e. The lowest BCUT2D eigenvalue weighted by atomic mass is 9.80. The van der Waals surface area contributed by atoms with Gasteiger partial charge in [0.15, 0.2) is 0 Å². The fourth-order valence-corrected chi connectivity index (χ4v) is 3.71. The van der Waals surface area contributed by atoms with Gasteiger partial charge in [-0.05, 0) is 56.0 Å². The van der Waals surface area contributed by atoms with Gasteiger partial charge in [0, 0.05) is 42.2 Å². The minimum atomic E-state index is -0.423. The molecule has 26 heavy (non-hydrogen) atoms. The van der Waals surface area contributed by atoms with Gasteiger partial charge in [0.2, 0.25) is 0 Å². The molecule has 0 amide bonds. The van der Waals surface area contributed by atoms with Crippen molar-refractivity contribution in [2.75, 3.05) is 11.9 Å². The molecule has 0 aromatic heterocycles. The molecule has 0 bridgehead atoms. The van der Waals surface area contributed by atoms with E-state index in [4.69, 9.17) is 11.6 Å². The van der Waals surface area contributed by atoms with Crippen LogP contribution in [0.5, 0.6) is 0 Å². The van der Waals surface area contributed by atoms with E-state index >= 15 is 0 Å².